The van der Waals surface area contributed by atoms with Crippen LogP contribution in [0.1, 0.15) is 13.8 Å². The van der Waals surface area contributed by atoms with Crippen molar-refractivity contribution in [3.05, 3.63) is 0 Å². The van der Waals surface area contributed by atoms with Crippen molar-refractivity contribution in [3.8, 4) is 0 Å². The lowest BCUT2D eigenvalue weighted by atomic mass is 10.2. The highest BCUT2D eigenvalue weighted by molar-refractivity contribution is 6.80. The normalized spacial score (nSPS) is 9.45. The molecule has 11 heavy (non-hydrogen) atoms. The highest BCUT2D eigenvalue weighted by atomic mass is 35.5. The van der Waals surface area contributed by atoms with Gasteiger partial charge in [0.15, 0.2) is 0 Å². The second kappa shape index (κ2) is 4.08. The van der Waals surface area contributed by atoms with Gasteiger partial charge >= 0.3 is 17.2 Å². The molecule has 0 unspecified atom stereocenters. The van der Waals surface area contributed by atoms with Gasteiger partial charge in [-0.1, -0.05) is 13.8 Å². The predicted octanol–water partition coefficient (Wildman–Crippen LogP) is 0.478. The minimum Gasteiger partial charge on any atom is -0.386 e. The van der Waals surface area contributed by atoms with Gasteiger partial charge < -0.3 is 4.74 Å². The van der Waals surface area contributed by atoms with Crippen molar-refractivity contribution in [1.82, 2.24) is 0 Å². The van der Waals surface area contributed by atoms with Crippen LogP contribution in [0.5, 0.6) is 0 Å². The van der Waals surface area contributed by atoms with Crippen LogP contribution in [0, 0.1) is 5.92 Å². The summed E-state index contributed by atoms with van der Waals surface area (Å²) in [7, 11) is 0. The summed E-state index contributed by atoms with van der Waals surface area (Å²) < 4.78 is 4.01. The van der Waals surface area contributed by atoms with Crippen LogP contribution in [-0.2, 0) is 19.1 Å². The van der Waals surface area contributed by atoms with E-state index in [9.17, 15) is 14.4 Å². The van der Waals surface area contributed by atoms with Crippen LogP contribution in [-0.4, -0.2) is 17.2 Å². The summed E-state index contributed by atoms with van der Waals surface area (Å²) in [6.45, 7) is 3.07. The molecule has 0 aliphatic rings. The molecule has 0 radical (unpaired) electrons. The van der Waals surface area contributed by atoms with Crippen molar-refractivity contribution in [2.24, 2.45) is 5.92 Å². The monoisotopic (exact) mass is 178 g/mol. The van der Waals surface area contributed by atoms with E-state index < -0.39 is 23.1 Å². The van der Waals surface area contributed by atoms with Crippen molar-refractivity contribution in [2.75, 3.05) is 0 Å². The number of rotatable bonds is 2. The highest BCUT2D eigenvalue weighted by Crippen LogP contribution is 1.97. The topological polar surface area (TPSA) is 60.4 Å². The molecule has 0 atom stereocenters. The summed E-state index contributed by atoms with van der Waals surface area (Å²) in [5, 5.41) is -1.29. The Morgan fingerprint density at radius 3 is 2.00 bits per heavy atom. The van der Waals surface area contributed by atoms with E-state index in [4.69, 9.17) is 11.6 Å². The van der Waals surface area contributed by atoms with Gasteiger partial charge in [-0.25, -0.2) is 4.79 Å². The van der Waals surface area contributed by atoms with Gasteiger partial charge in [-0.15, -0.1) is 0 Å². The maximum atomic E-state index is 10.6. The molecule has 5 heteroatoms. The van der Waals surface area contributed by atoms with E-state index in [-0.39, 0.29) is 0 Å². The van der Waals surface area contributed by atoms with Gasteiger partial charge in [0, 0.05) is 0 Å². The van der Waals surface area contributed by atoms with Crippen molar-refractivity contribution in [1.29, 1.82) is 0 Å². The fourth-order valence-electron chi connectivity index (χ4n) is 0.249. The first-order chi connectivity index (χ1) is 4.95. The molecule has 0 aliphatic carbocycles. The molecule has 0 amide bonds. The van der Waals surface area contributed by atoms with Crippen LogP contribution in [0.25, 0.3) is 0 Å². The maximum absolute atomic E-state index is 10.6. The van der Waals surface area contributed by atoms with Crippen LogP contribution < -0.4 is 0 Å². The van der Waals surface area contributed by atoms with E-state index in [0.717, 1.165) is 0 Å². The van der Waals surface area contributed by atoms with Crippen LogP contribution in [0.3, 0.4) is 0 Å². The van der Waals surface area contributed by atoms with E-state index in [0.29, 0.717) is 0 Å². The Balaban J connectivity index is 3.96. The van der Waals surface area contributed by atoms with Gasteiger partial charge in [0.1, 0.15) is 0 Å². The summed E-state index contributed by atoms with van der Waals surface area (Å²) in [5.41, 5.74) is 0. The minimum absolute atomic E-state index is 0.449. The molecule has 0 bridgehead atoms. The molecule has 0 spiro atoms. The lowest BCUT2D eigenvalue weighted by Crippen LogP contribution is -2.20. The second-order valence-electron chi connectivity index (χ2n) is 2.14. The average Bonchev–Trinajstić information content (AvgIpc) is 1.87. The molecular weight excluding hydrogens is 172 g/mol. The first-order valence-corrected chi connectivity index (χ1v) is 3.28. The lowest BCUT2D eigenvalue weighted by molar-refractivity contribution is -0.164. The Morgan fingerprint density at radius 1 is 1.27 bits per heavy atom. The summed E-state index contributed by atoms with van der Waals surface area (Å²) in [4.78, 5) is 31.0. The quantitative estimate of drug-likeness (QED) is 0.267. The third-order valence-electron chi connectivity index (χ3n) is 0.825. The highest BCUT2D eigenvalue weighted by Gasteiger charge is 2.18. The van der Waals surface area contributed by atoms with E-state index >= 15 is 0 Å². The molecule has 62 valence electrons. The van der Waals surface area contributed by atoms with Gasteiger partial charge in [0.05, 0.1) is 5.92 Å². The Labute approximate surface area is 68.5 Å². The number of carbonyl (C=O) groups is 3. The van der Waals surface area contributed by atoms with Crippen LogP contribution in [0.15, 0.2) is 0 Å². The zero-order chi connectivity index (χ0) is 9.02. The Kier molecular flexibility index (Phi) is 3.74. The molecule has 0 aromatic rings. The number of hydrogen-bond donors (Lipinski definition) is 0. The molecule has 0 aromatic carbocycles. The minimum atomic E-state index is -1.33. The summed E-state index contributed by atoms with van der Waals surface area (Å²) in [6.07, 6.45) is 0. The third kappa shape index (κ3) is 3.72. The first-order valence-electron chi connectivity index (χ1n) is 2.90. The number of halogens is 1. The first kappa shape index (κ1) is 10.1. The van der Waals surface area contributed by atoms with Crippen molar-refractivity contribution in [2.45, 2.75) is 13.8 Å². The van der Waals surface area contributed by atoms with Crippen molar-refractivity contribution >= 4 is 28.8 Å². The predicted molar refractivity (Wildman–Crippen MR) is 36.8 cm³/mol. The van der Waals surface area contributed by atoms with E-state index in [1.807, 2.05) is 0 Å². The lowest BCUT2D eigenvalue weighted by Gasteiger charge is -2.00. The largest absolute Gasteiger partial charge is 0.399 e. The average molecular weight is 179 g/mol. The smallest absolute Gasteiger partial charge is 0.386 e. The molecule has 0 fully saturated rings. The Bertz CT molecular complexity index is 197. The molecule has 0 saturated heterocycles. The van der Waals surface area contributed by atoms with Gasteiger partial charge in [0.2, 0.25) is 0 Å². The molecule has 0 aliphatic heterocycles. The van der Waals surface area contributed by atoms with Gasteiger partial charge in [-0.2, -0.15) is 0 Å². The SMILES string of the molecule is CC(C)C(=O)OC(=O)C(=O)Cl. The zero-order valence-corrected chi connectivity index (χ0v) is 6.84. The molecule has 0 rings (SSSR count). The summed E-state index contributed by atoms with van der Waals surface area (Å²) >= 11 is 4.71. The van der Waals surface area contributed by atoms with Crippen LogP contribution in [0.4, 0.5) is 0 Å². The van der Waals surface area contributed by atoms with Crippen molar-refractivity contribution in [3.63, 3.8) is 0 Å². The number of carbonyl (C=O) groups excluding carboxylic acids is 3. The second-order valence-corrected chi connectivity index (χ2v) is 2.48. The standard InChI is InChI=1S/C6H7ClO4/c1-3(2)5(9)11-6(10)4(7)8/h3H,1-2H3. The Morgan fingerprint density at radius 2 is 1.73 bits per heavy atom. The van der Waals surface area contributed by atoms with E-state index in [2.05, 4.69) is 4.74 Å². The van der Waals surface area contributed by atoms with E-state index in [1.165, 1.54) is 13.8 Å². The van der Waals surface area contributed by atoms with Crippen molar-refractivity contribution < 1.29 is 19.1 Å². The molecule has 0 heterocycles. The maximum Gasteiger partial charge on any atom is 0.399 e. The number of esters is 2. The number of ether oxygens (including phenoxy) is 1. The van der Waals surface area contributed by atoms with Crippen LogP contribution in [0.2, 0.25) is 0 Å². The molecule has 0 saturated carbocycles. The third-order valence-corrected chi connectivity index (χ3v) is 0.979. The zero-order valence-electron chi connectivity index (χ0n) is 6.09. The molecule has 4 nitrogen and oxygen atoms in total. The Hall–Kier alpha value is -0.900. The summed E-state index contributed by atoms with van der Waals surface area (Å²) in [6, 6.07) is 0. The van der Waals surface area contributed by atoms with Gasteiger partial charge in [-0.05, 0) is 11.6 Å². The molecule has 0 aromatic heterocycles. The van der Waals surface area contributed by atoms with Crippen LogP contribution >= 0.6 is 11.6 Å². The van der Waals surface area contributed by atoms with Gasteiger partial charge in [0.25, 0.3) is 0 Å². The molecular formula is C6H7ClO4. The summed E-state index contributed by atoms with van der Waals surface area (Å²) in [5.74, 6) is -2.54. The number of hydrogen-bond acceptors (Lipinski definition) is 4. The fraction of sp³-hybridized carbons (Fsp3) is 0.500. The molecule has 0 N–H and O–H groups in total. The van der Waals surface area contributed by atoms with Gasteiger partial charge in [-0.3, -0.25) is 9.59 Å². The fourth-order valence-corrected chi connectivity index (χ4v) is 0.288. The van der Waals surface area contributed by atoms with E-state index in [1.54, 1.807) is 0 Å².